The third-order valence-electron chi connectivity index (χ3n) is 3.64. The number of aryl methyl sites for hydroxylation is 2. The van der Waals surface area contributed by atoms with Crippen LogP contribution in [-0.2, 0) is 4.79 Å². The SMILES string of the molecule is CSc1ccc(NC(=O)CCC(=O)c2ccc(C)c(C)c2)cn1. The summed E-state index contributed by atoms with van der Waals surface area (Å²) < 4.78 is 0. The molecular weight excluding hydrogens is 308 g/mol. The van der Waals surface area contributed by atoms with Crippen LogP contribution in [0.2, 0.25) is 0 Å². The van der Waals surface area contributed by atoms with E-state index < -0.39 is 0 Å². The number of hydrogen-bond donors (Lipinski definition) is 1. The van der Waals surface area contributed by atoms with Crippen molar-refractivity contribution in [1.29, 1.82) is 0 Å². The van der Waals surface area contributed by atoms with E-state index in [1.54, 1.807) is 18.0 Å². The van der Waals surface area contributed by atoms with Crippen molar-refractivity contribution in [3.8, 4) is 0 Å². The summed E-state index contributed by atoms with van der Waals surface area (Å²) in [4.78, 5) is 28.3. The summed E-state index contributed by atoms with van der Waals surface area (Å²) in [6.07, 6.45) is 3.93. The lowest BCUT2D eigenvalue weighted by Gasteiger charge is -2.06. The van der Waals surface area contributed by atoms with E-state index in [0.29, 0.717) is 11.3 Å². The van der Waals surface area contributed by atoms with Gasteiger partial charge in [-0.05, 0) is 49.4 Å². The Morgan fingerprint density at radius 3 is 2.48 bits per heavy atom. The van der Waals surface area contributed by atoms with E-state index in [1.807, 2.05) is 50.4 Å². The van der Waals surface area contributed by atoms with Crippen LogP contribution in [0.25, 0.3) is 0 Å². The second-order valence-electron chi connectivity index (χ2n) is 5.36. The molecule has 1 N–H and O–H groups in total. The molecular formula is C18H20N2O2S. The Labute approximate surface area is 140 Å². The number of ketones is 1. The molecule has 0 radical (unpaired) electrons. The number of carbonyl (C=O) groups is 2. The Bertz CT molecular complexity index is 711. The molecule has 1 amide bonds. The molecule has 4 nitrogen and oxygen atoms in total. The van der Waals surface area contributed by atoms with Crippen LogP contribution in [-0.4, -0.2) is 22.9 Å². The molecule has 2 aromatic rings. The molecule has 0 aliphatic rings. The van der Waals surface area contributed by atoms with Crippen LogP contribution in [0.1, 0.15) is 34.3 Å². The van der Waals surface area contributed by atoms with Crippen molar-refractivity contribution in [2.24, 2.45) is 0 Å². The number of benzene rings is 1. The fourth-order valence-electron chi connectivity index (χ4n) is 2.08. The normalized spacial score (nSPS) is 10.4. The summed E-state index contributed by atoms with van der Waals surface area (Å²) in [6, 6.07) is 9.28. The summed E-state index contributed by atoms with van der Waals surface area (Å²) in [5, 5.41) is 3.65. The van der Waals surface area contributed by atoms with Crippen LogP contribution in [0.3, 0.4) is 0 Å². The Balaban J connectivity index is 1.87. The van der Waals surface area contributed by atoms with E-state index >= 15 is 0 Å². The van der Waals surface area contributed by atoms with Crippen molar-refractivity contribution in [2.45, 2.75) is 31.7 Å². The second kappa shape index (κ2) is 7.92. The van der Waals surface area contributed by atoms with Gasteiger partial charge in [-0.25, -0.2) is 4.98 Å². The van der Waals surface area contributed by atoms with Gasteiger partial charge in [-0.1, -0.05) is 12.1 Å². The van der Waals surface area contributed by atoms with Crippen molar-refractivity contribution in [3.05, 3.63) is 53.2 Å². The molecule has 1 aromatic carbocycles. The smallest absolute Gasteiger partial charge is 0.224 e. The minimum atomic E-state index is -0.180. The highest BCUT2D eigenvalue weighted by molar-refractivity contribution is 7.98. The van der Waals surface area contributed by atoms with Crippen LogP contribution >= 0.6 is 11.8 Å². The number of rotatable bonds is 6. The van der Waals surface area contributed by atoms with Crippen LogP contribution in [0.5, 0.6) is 0 Å². The van der Waals surface area contributed by atoms with Gasteiger partial charge in [0.25, 0.3) is 0 Å². The van der Waals surface area contributed by atoms with Gasteiger partial charge in [-0.15, -0.1) is 11.8 Å². The maximum Gasteiger partial charge on any atom is 0.224 e. The van der Waals surface area contributed by atoms with E-state index in [-0.39, 0.29) is 24.5 Å². The van der Waals surface area contributed by atoms with Crippen molar-refractivity contribution < 1.29 is 9.59 Å². The molecule has 0 aliphatic heterocycles. The molecule has 0 saturated heterocycles. The van der Waals surface area contributed by atoms with Crippen LogP contribution < -0.4 is 5.32 Å². The maximum absolute atomic E-state index is 12.2. The molecule has 0 aliphatic carbocycles. The number of anilines is 1. The molecule has 0 unspecified atom stereocenters. The monoisotopic (exact) mass is 328 g/mol. The molecule has 0 spiro atoms. The zero-order valence-corrected chi connectivity index (χ0v) is 14.4. The summed E-state index contributed by atoms with van der Waals surface area (Å²) in [5.74, 6) is -0.194. The first-order valence-electron chi connectivity index (χ1n) is 7.40. The molecule has 1 aromatic heterocycles. The topological polar surface area (TPSA) is 59.1 Å². The number of Topliss-reactive ketones (excluding diaryl/α,β-unsaturated/α-hetero) is 1. The first kappa shape index (κ1) is 17.2. The van der Waals surface area contributed by atoms with Gasteiger partial charge >= 0.3 is 0 Å². The van der Waals surface area contributed by atoms with E-state index in [2.05, 4.69) is 10.3 Å². The number of nitrogens with zero attached hydrogens (tertiary/aromatic N) is 1. The minimum Gasteiger partial charge on any atom is -0.325 e. The average Bonchev–Trinajstić information content (AvgIpc) is 2.56. The van der Waals surface area contributed by atoms with Crippen molar-refractivity contribution in [1.82, 2.24) is 4.98 Å². The van der Waals surface area contributed by atoms with E-state index in [9.17, 15) is 9.59 Å². The van der Waals surface area contributed by atoms with Gasteiger partial charge in [-0.2, -0.15) is 0 Å². The van der Waals surface area contributed by atoms with Gasteiger partial charge in [0, 0.05) is 18.4 Å². The predicted octanol–water partition coefficient (Wildman–Crippen LogP) is 4.02. The van der Waals surface area contributed by atoms with Gasteiger partial charge in [0.15, 0.2) is 5.78 Å². The molecule has 0 atom stereocenters. The minimum absolute atomic E-state index is 0.0147. The number of aromatic nitrogens is 1. The highest BCUT2D eigenvalue weighted by Crippen LogP contribution is 2.15. The zero-order chi connectivity index (χ0) is 16.8. The lowest BCUT2D eigenvalue weighted by molar-refractivity contribution is -0.116. The standard InChI is InChI=1S/C18H20N2O2S/c1-12-4-5-14(10-13(12)2)16(21)7-8-17(22)20-15-6-9-18(23-3)19-11-15/h4-6,9-11H,7-8H2,1-3H3,(H,20,22). The summed E-state index contributed by atoms with van der Waals surface area (Å²) in [6.45, 7) is 3.98. The zero-order valence-electron chi connectivity index (χ0n) is 13.6. The Kier molecular flexibility index (Phi) is 5.93. The molecule has 120 valence electrons. The van der Waals surface area contributed by atoms with Crippen molar-refractivity contribution in [3.63, 3.8) is 0 Å². The predicted molar refractivity (Wildman–Crippen MR) is 94.1 cm³/mol. The third-order valence-corrected chi connectivity index (χ3v) is 4.30. The number of amides is 1. The number of carbonyl (C=O) groups excluding carboxylic acids is 2. The summed E-state index contributed by atoms with van der Waals surface area (Å²) in [7, 11) is 0. The Hall–Kier alpha value is -2.14. The quantitative estimate of drug-likeness (QED) is 0.642. The second-order valence-corrected chi connectivity index (χ2v) is 6.19. The van der Waals surface area contributed by atoms with Gasteiger partial charge < -0.3 is 5.32 Å². The van der Waals surface area contributed by atoms with Crippen LogP contribution in [0.15, 0.2) is 41.6 Å². The van der Waals surface area contributed by atoms with Crippen molar-refractivity contribution in [2.75, 3.05) is 11.6 Å². The average molecular weight is 328 g/mol. The van der Waals surface area contributed by atoms with E-state index in [0.717, 1.165) is 16.2 Å². The van der Waals surface area contributed by atoms with Gasteiger partial charge in [0.2, 0.25) is 5.91 Å². The largest absolute Gasteiger partial charge is 0.325 e. The van der Waals surface area contributed by atoms with Gasteiger partial charge in [0.05, 0.1) is 16.9 Å². The third kappa shape index (κ3) is 4.93. The highest BCUT2D eigenvalue weighted by Gasteiger charge is 2.10. The lowest BCUT2D eigenvalue weighted by atomic mass is 10.0. The lowest BCUT2D eigenvalue weighted by Crippen LogP contribution is -2.13. The summed E-state index contributed by atoms with van der Waals surface area (Å²) in [5.41, 5.74) is 3.54. The fraction of sp³-hybridized carbons (Fsp3) is 0.278. The number of hydrogen-bond acceptors (Lipinski definition) is 4. The number of pyridine rings is 1. The van der Waals surface area contributed by atoms with Crippen LogP contribution in [0.4, 0.5) is 5.69 Å². The first-order valence-corrected chi connectivity index (χ1v) is 8.62. The van der Waals surface area contributed by atoms with Crippen LogP contribution in [0, 0.1) is 13.8 Å². The Morgan fingerprint density at radius 2 is 1.87 bits per heavy atom. The van der Waals surface area contributed by atoms with E-state index in [4.69, 9.17) is 0 Å². The van der Waals surface area contributed by atoms with E-state index in [1.165, 1.54) is 0 Å². The number of nitrogens with one attached hydrogen (secondary N) is 1. The van der Waals surface area contributed by atoms with Gasteiger partial charge in [-0.3, -0.25) is 9.59 Å². The molecule has 0 bridgehead atoms. The molecule has 23 heavy (non-hydrogen) atoms. The molecule has 0 saturated carbocycles. The molecule has 1 heterocycles. The molecule has 0 fully saturated rings. The van der Waals surface area contributed by atoms with Gasteiger partial charge in [0.1, 0.15) is 0 Å². The first-order chi connectivity index (χ1) is 11.0. The Morgan fingerprint density at radius 1 is 1.09 bits per heavy atom. The summed E-state index contributed by atoms with van der Waals surface area (Å²) >= 11 is 1.54. The molecule has 2 rings (SSSR count). The molecule has 5 heteroatoms. The fourth-order valence-corrected chi connectivity index (χ4v) is 2.45. The number of thioether (sulfide) groups is 1. The highest BCUT2D eigenvalue weighted by atomic mass is 32.2. The maximum atomic E-state index is 12.2. The van der Waals surface area contributed by atoms with Crippen molar-refractivity contribution >= 4 is 29.1 Å².